The molecule has 0 saturated carbocycles. The first-order valence-corrected chi connectivity index (χ1v) is 5.98. The summed E-state index contributed by atoms with van der Waals surface area (Å²) in [6.45, 7) is 0.534. The van der Waals surface area contributed by atoms with E-state index in [1.807, 2.05) is 24.3 Å². The second-order valence-electron chi connectivity index (χ2n) is 4.31. The van der Waals surface area contributed by atoms with E-state index >= 15 is 0 Å². The maximum absolute atomic E-state index is 12.2. The van der Waals surface area contributed by atoms with Crippen LogP contribution in [-0.2, 0) is 23.0 Å². The van der Waals surface area contributed by atoms with Gasteiger partial charge in [0, 0.05) is 7.05 Å². The van der Waals surface area contributed by atoms with Crippen LogP contribution in [0.1, 0.15) is 17.2 Å². The number of tetrazole rings is 1. The highest BCUT2D eigenvalue weighted by Crippen LogP contribution is 2.27. The maximum atomic E-state index is 12.2. The van der Waals surface area contributed by atoms with Gasteiger partial charge in [-0.15, -0.1) is 0 Å². The number of nitrogens with zero attached hydrogens (tertiary/aromatic N) is 4. The number of benzene rings is 1. The lowest BCUT2D eigenvalue weighted by atomic mass is 9.97. The first-order chi connectivity index (χ1) is 9.25. The number of ether oxygens (including phenoxy) is 1. The molecule has 1 aliphatic heterocycles. The van der Waals surface area contributed by atoms with E-state index in [1.165, 1.54) is 4.68 Å². The molecule has 2 aromatic rings. The molecule has 0 radical (unpaired) electrons. The third-order valence-corrected chi connectivity index (χ3v) is 3.09. The van der Waals surface area contributed by atoms with Crippen LogP contribution in [0.5, 0.6) is 0 Å². The number of carbonyl (C=O) groups excluding carboxylic acids is 1. The molecule has 19 heavy (non-hydrogen) atoms. The number of nitrogens with one attached hydrogen (secondary N) is 1. The summed E-state index contributed by atoms with van der Waals surface area (Å²) in [5.41, 5.74) is 2.05. The smallest absolute Gasteiger partial charge is 0.260 e. The Kier molecular flexibility index (Phi) is 2.96. The molecule has 7 nitrogen and oxygen atoms in total. The Balaban J connectivity index is 1.84. The predicted molar refractivity (Wildman–Crippen MR) is 66.3 cm³/mol. The van der Waals surface area contributed by atoms with E-state index < -0.39 is 6.10 Å². The van der Waals surface area contributed by atoms with Gasteiger partial charge in [-0.3, -0.25) is 10.1 Å². The van der Waals surface area contributed by atoms with Crippen molar-refractivity contribution < 1.29 is 9.53 Å². The number of amides is 1. The fraction of sp³-hybridized carbons (Fsp3) is 0.333. The molecule has 0 saturated heterocycles. The molecule has 1 N–H and O–H groups in total. The minimum absolute atomic E-state index is 0.259. The van der Waals surface area contributed by atoms with E-state index in [0.717, 1.165) is 17.5 Å². The van der Waals surface area contributed by atoms with Gasteiger partial charge >= 0.3 is 0 Å². The molecule has 7 heteroatoms. The maximum Gasteiger partial charge on any atom is 0.260 e. The van der Waals surface area contributed by atoms with Crippen molar-refractivity contribution in [2.45, 2.75) is 12.5 Å². The van der Waals surface area contributed by atoms with Crippen molar-refractivity contribution in [3.05, 3.63) is 35.4 Å². The summed E-state index contributed by atoms with van der Waals surface area (Å²) in [4.78, 5) is 12.2. The zero-order valence-corrected chi connectivity index (χ0v) is 10.4. The van der Waals surface area contributed by atoms with Crippen LogP contribution in [0.15, 0.2) is 24.3 Å². The summed E-state index contributed by atoms with van der Waals surface area (Å²) in [6, 6.07) is 7.79. The molecule has 1 atom stereocenters. The molecule has 0 spiro atoms. The molecule has 1 unspecified atom stereocenters. The molecular weight excluding hydrogens is 246 g/mol. The highest BCUT2D eigenvalue weighted by molar-refractivity contribution is 5.93. The Morgan fingerprint density at radius 1 is 1.47 bits per heavy atom. The molecule has 2 heterocycles. The van der Waals surface area contributed by atoms with Crippen molar-refractivity contribution in [3.8, 4) is 0 Å². The summed E-state index contributed by atoms with van der Waals surface area (Å²) in [6.07, 6.45) is 0.215. The van der Waals surface area contributed by atoms with Crippen LogP contribution in [0.2, 0.25) is 0 Å². The topological polar surface area (TPSA) is 81.9 Å². The van der Waals surface area contributed by atoms with E-state index in [2.05, 4.69) is 20.8 Å². The van der Waals surface area contributed by atoms with Gasteiger partial charge in [0.05, 0.1) is 6.61 Å². The Bertz CT molecular complexity index is 610. The standard InChI is InChI=1S/C12H13N5O2/c1-17-12(14-15-16-17)13-11(18)10-9-5-3-2-4-8(9)6-7-19-10/h2-5,10H,6-7H2,1H3,(H,13,14,16,18). The molecule has 98 valence electrons. The second kappa shape index (κ2) is 4.77. The number of hydrogen-bond acceptors (Lipinski definition) is 5. The number of aromatic nitrogens is 4. The first kappa shape index (κ1) is 11.8. The van der Waals surface area contributed by atoms with Crippen molar-refractivity contribution >= 4 is 11.9 Å². The largest absolute Gasteiger partial charge is 0.363 e. The zero-order chi connectivity index (χ0) is 13.2. The van der Waals surface area contributed by atoms with Crippen molar-refractivity contribution in [3.63, 3.8) is 0 Å². The molecule has 0 aliphatic carbocycles. The molecule has 1 amide bonds. The lowest BCUT2D eigenvalue weighted by Crippen LogP contribution is -2.29. The van der Waals surface area contributed by atoms with E-state index in [9.17, 15) is 4.79 Å². The number of rotatable bonds is 2. The van der Waals surface area contributed by atoms with E-state index in [-0.39, 0.29) is 5.91 Å². The number of hydrogen-bond donors (Lipinski definition) is 1. The van der Waals surface area contributed by atoms with Gasteiger partial charge < -0.3 is 4.74 Å². The van der Waals surface area contributed by atoms with Crippen LogP contribution in [0.3, 0.4) is 0 Å². The first-order valence-electron chi connectivity index (χ1n) is 5.98. The lowest BCUT2D eigenvalue weighted by molar-refractivity contribution is -0.128. The Hall–Kier alpha value is -2.28. The molecule has 3 rings (SSSR count). The highest BCUT2D eigenvalue weighted by atomic mass is 16.5. The van der Waals surface area contributed by atoms with E-state index in [4.69, 9.17) is 4.74 Å². The third kappa shape index (κ3) is 2.19. The average Bonchev–Trinajstić information content (AvgIpc) is 2.83. The fourth-order valence-electron chi connectivity index (χ4n) is 2.12. The van der Waals surface area contributed by atoms with Crippen LogP contribution >= 0.6 is 0 Å². The predicted octanol–water partition coefficient (Wildman–Crippen LogP) is 0.463. The van der Waals surface area contributed by atoms with Gasteiger partial charge in [-0.2, -0.15) is 0 Å². The molecule has 1 aromatic heterocycles. The zero-order valence-electron chi connectivity index (χ0n) is 10.4. The van der Waals surface area contributed by atoms with Gasteiger partial charge in [-0.1, -0.05) is 29.4 Å². The van der Waals surface area contributed by atoms with E-state index in [0.29, 0.717) is 12.6 Å². The van der Waals surface area contributed by atoms with Gasteiger partial charge in [0.15, 0.2) is 6.10 Å². The van der Waals surface area contributed by atoms with Crippen LogP contribution in [0, 0.1) is 0 Å². The van der Waals surface area contributed by atoms with Gasteiger partial charge in [-0.25, -0.2) is 4.68 Å². The second-order valence-corrected chi connectivity index (χ2v) is 4.31. The van der Waals surface area contributed by atoms with Gasteiger partial charge in [0.25, 0.3) is 5.91 Å². The quantitative estimate of drug-likeness (QED) is 0.847. The van der Waals surface area contributed by atoms with Crippen molar-refractivity contribution in [1.82, 2.24) is 20.2 Å². The van der Waals surface area contributed by atoms with Crippen molar-refractivity contribution in [2.24, 2.45) is 7.05 Å². The number of anilines is 1. The van der Waals surface area contributed by atoms with E-state index in [1.54, 1.807) is 7.05 Å². The van der Waals surface area contributed by atoms with Crippen LogP contribution in [0.25, 0.3) is 0 Å². The summed E-state index contributed by atoms with van der Waals surface area (Å²) in [7, 11) is 1.66. The van der Waals surface area contributed by atoms with Gasteiger partial charge in [-0.05, 0) is 28.0 Å². The highest BCUT2D eigenvalue weighted by Gasteiger charge is 2.28. The average molecular weight is 259 g/mol. The minimum Gasteiger partial charge on any atom is -0.363 e. The van der Waals surface area contributed by atoms with Crippen LogP contribution in [0.4, 0.5) is 5.95 Å². The normalized spacial score (nSPS) is 17.8. The molecule has 0 fully saturated rings. The molecule has 1 aromatic carbocycles. The summed E-state index contributed by atoms with van der Waals surface area (Å²) in [5, 5.41) is 13.5. The Morgan fingerprint density at radius 3 is 3.11 bits per heavy atom. The molecule has 1 aliphatic rings. The Morgan fingerprint density at radius 2 is 2.32 bits per heavy atom. The van der Waals surface area contributed by atoms with Crippen molar-refractivity contribution in [2.75, 3.05) is 11.9 Å². The Labute approximate surface area is 109 Å². The lowest BCUT2D eigenvalue weighted by Gasteiger charge is -2.24. The number of carbonyl (C=O) groups is 1. The molecule has 0 bridgehead atoms. The van der Waals surface area contributed by atoms with Crippen molar-refractivity contribution in [1.29, 1.82) is 0 Å². The summed E-state index contributed by atoms with van der Waals surface area (Å²) in [5.74, 6) is 0.0432. The summed E-state index contributed by atoms with van der Waals surface area (Å²) >= 11 is 0. The SMILES string of the molecule is Cn1nnnc1NC(=O)C1OCCc2ccccc21. The third-order valence-electron chi connectivity index (χ3n) is 3.09. The summed E-state index contributed by atoms with van der Waals surface area (Å²) < 4.78 is 6.96. The minimum atomic E-state index is -0.610. The van der Waals surface area contributed by atoms with Crippen LogP contribution in [-0.4, -0.2) is 32.7 Å². The molecular formula is C12H13N5O2. The fourth-order valence-corrected chi connectivity index (χ4v) is 2.12. The monoisotopic (exact) mass is 259 g/mol. The van der Waals surface area contributed by atoms with Gasteiger partial charge in [0.2, 0.25) is 5.95 Å². The number of fused-ring (bicyclic) bond motifs is 1. The van der Waals surface area contributed by atoms with Crippen LogP contribution < -0.4 is 5.32 Å². The number of aryl methyl sites for hydroxylation is 1. The van der Waals surface area contributed by atoms with Gasteiger partial charge in [0.1, 0.15) is 0 Å².